The van der Waals surface area contributed by atoms with Crippen LogP contribution >= 0.6 is 0 Å². The maximum Gasteiger partial charge on any atom is 0.232 e. The van der Waals surface area contributed by atoms with Crippen molar-refractivity contribution in [2.24, 2.45) is 0 Å². The quantitative estimate of drug-likeness (QED) is 0.928. The van der Waals surface area contributed by atoms with E-state index >= 15 is 0 Å². The number of para-hydroxylation sites is 2. The summed E-state index contributed by atoms with van der Waals surface area (Å²) in [6, 6.07) is 15.7. The second-order valence-corrected chi connectivity index (χ2v) is 5.43. The second kappa shape index (κ2) is 5.60. The Morgan fingerprint density at radius 1 is 1.10 bits per heavy atom. The number of fused-ring (bicyclic) bond motifs is 2. The van der Waals surface area contributed by atoms with E-state index in [0.29, 0.717) is 0 Å². The van der Waals surface area contributed by atoms with E-state index in [0.717, 1.165) is 29.0 Å². The van der Waals surface area contributed by atoms with E-state index < -0.39 is 0 Å². The third kappa shape index (κ3) is 2.51. The summed E-state index contributed by atoms with van der Waals surface area (Å²) in [5.41, 5.74) is 1.86. The molecule has 1 heterocycles. The second-order valence-electron chi connectivity index (χ2n) is 5.43. The molecule has 2 aromatic rings. The zero-order chi connectivity index (χ0) is 14.8. The molecule has 1 aliphatic rings. The first-order valence-electron chi connectivity index (χ1n) is 7.36. The van der Waals surface area contributed by atoms with Crippen LogP contribution in [0, 0.1) is 0 Å². The van der Waals surface area contributed by atoms with Crippen LogP contribution in [-0.4, -0.2) is 11.9 Å². The Balaban J connectivity index is 2.04. The van der Waals surface area contributed by atoms with Gasteiger partial charge in [-0.3, -0.25) is 4.79 Å². The van der Waals surface area contributed by atoms with Crippen molar-refractivity contribution in [1.29, 1.82) is 0 Å². The van der Waals surface area contributed by atoms with Crippen LogP contribution in [-0.2, 0) is 4.79 Å². The van der Waals surface area contributed by atoms with Gasteiger partial charge in [-0.2, -0.15) is 0 Å². The molecule has 0 fully saturated rings. The zero-order valence-corrected chi connectivity index (χ0v) is 12.3. The Morgan fingerprint density at radius 3 is 2.14 bits per heavy atom. The molecule has 0 saturated heterocycles. The molecular formula is C18H19NO2. The molecule has 0 bridgehead atoms. The molecular weight excluding hydrogens is 262 g/mol. The van der Waals surface area contributed by atoms with Crippen molar-refractivity contribution in [2.75, 3.05) is 0 Å². The molecule has 0 aromatic heterocycles. The van der Waals surface area contributed by atoms with E-state index in [9.17, 15) is 4.79 Å². The minimum absolute atomic E-state index is 0.0348. The monoisotopic (exact) mass is 281 g/mol. The number of hydrogen-bond donors (Lipinski definition) is 1. The standard InChI is InChI=1S/C18H19NO2/c1-3-12(2)19-18(20)17-13-8-4-6-10-15(13)21-16-11-7-5-9-14(16)17/h4-12,17H,3H2,1-2H3,(H,19,20)/t12-/m0/s1. The third-order valence-electron chi connectivity index (χ3n) is 3.94. The molecule has 0 unspecified atom stereocenters. The molecule has 3 rings (SSSR count). The summed E-state index contributed by atoms with van der Waals surface area (Å²) >= 11 is 0. The lowest BCUT2D eigenvalue weighted by Gasteiger charge is -2.28. The number of carbonyl (C=O) groups excluding carboxylic acids is 1. The van der Waals surface area contributed by atoms with E-state index in [1.165, 1.54) is 0 Å². The third-order valence-corrected chi connectivity index (χ3v) is 3.94. The molecule has 21 heavy (non-hydrogen) atoms. The summed E-state index contributed by atoms with van der Waals surface area (Å²) < 4.78 is 5.91. The van der Waals surface area contributed by atoms with Crippen molar-refractivity contribution in [3.63, 3.8) is 0 Å². The van der Waals surface area contributed by atoms with Gasteiger partial charge in [0.15, 0.2) is 0 Å². The van der Waals surface area contributed by atoms with Crippen LogP contribution in [0.4, 0.5) is 0 Å². The highest BCUT2D eigenvalue weighted by atomic mass is 16.5. The topological polar surface area (TPSA) is 38.3 Å². The maximum atomic E-state index is 12.7. The van der Waals surface area contributed by atoms with Crippen LogP contribution in [0.1, 0.15) is 37.3 Å². The Labute approximate surface area is 124 Å². The van der Waals surface area contributed by atoms with Crippen molar-refractivity contribution in [3.8, 4) is 11.5 Å². The van der Waals surface area contributed by atoms with Crippen LogP contribution in [0.3, 0.4) is 0 Å². The van der Waals surface area contributed by atoms with Gasteiger partial charge in [0.1, 0.15) is 11.5 Å². The van der Waals surface area contributed by atoms with Gasteiger partial charge in [-0.1, -0.05) is 43.3 Å². The van der Waals surface area contributed by atoms with Gasteiger partial charge in [-0.25, -0.2) is 0 Å². The lowest BCUT2D eigenvalue weighted by Crippen LogP contribution is -2.37. The van der Waals surface area contributed by atoms with Gasteiger partial charge in [0.05, 0.1) is 5.92 Å². The Hall–Kier alpha value is -2.29. The fourth-order valence-corrected chi connectivity index (χ4v) is 2.62. The van der Waals surface area contributed by atoms with Crippen molar-refractivity contribution in [3.05, 3.63) is 59.7 Å². The predicted octanol–water partition coefficient (Wildman–Crippen LogP) is 3.84. The van der Waals surface area contributed by atoms with Gasteiger partial charge < -0.3 is 10.1 Å². The molecule has 2 aromatic carbocycles. The predicted molar refractivity (Wildman–Crippen MR) is 82.7 cm³/mol. The Bertz CT molecular complexity index is 620. The fraction of sp³-hybridized carbons (Fsp3) is 0.278. The number of hydrogen-bond acceptors (Lipinski definition) is 2. The van der Waals surface area contributed by atoms with Crippen molar-refractivity contribution < 1.29 is 9.53 Å². The van der Waals surface area contributed by atoms with E-state index in [2.05, 4.69) is 12.2 Å². The SMILES string of the molecule is CC[C@H](C)NC(=O)C1c2ccccc2Oc2ccccc21. The summed E-state index contributed by atoms with van der Waals surface area (Å²) in [7, 11) is 0. The van der Waals surface area contributed by atoms with Crippen LogP contribution in [0.5, 0.6) is 11.5 Å². The fourth-order valence-electron chi connectivity index (χ4n) is 2.62. The van der Waals surface area contributed by atoms with Crippen LogP contribution in [0.2, 0.25) is 0 Å². The zero-order valence-electron chi connectivity index (χ0n) is 12.3. The average molecular weight is 281 g/mol. The van der Waals surface area contributed by atoms with Crippen LogP contribution in [0.15, 0.2) is 48.5 Å². The Morgan fingerprint density at radius 2 is 1.62 bits per heavy atom. The van der Waals surface area contributed by atoms with E-state index in [1.54, 1.807) is 0 Å². The molecule has 0 radical (unpaired) electrons. The van der Waals surface area contributed by atoms with Crippen LogP contribution in [0.25, 0.3) is 0 Å². The summed E-state index contributed by atoms with van der Waals surface area (Å²) in [6.45, 7) is 4.09. The van der Waals surface area contributed by atoms with E-state index in [1.807, 2.05) is 55.5 Å². The molecule has 0 spiro atoms. The highest BCUT2D eigenvalue weighted by molar-refractivity contribution is 5.89. The minimum atomic E-state index is -0.305. The van der Waals surface area contributed by atoms with Gasteiger partial charge >= 0.3 is 0 Å². The lowest BCUT2D eigenvalue weighted by molar-refractivity contribution is -0.122. The van der Waals surface area contributed by atoms with E-state index in [-0.39, 0.29) is 17.9 Å². The van der Waals surface area contributed by atoms with Gasteiger partial charge in [0, 0.05) is 17.2 Å². The van der Waals surface area contributed by atoms with Crippen molar-refractivity contribution in [1.82, 2.24) is 5.32 Å². The first kappa shape index (κ1) is 13.7. The van der Waals surface area contributed by atoms with Crippen molar-refractivity contribution >= 4 is 5.91 Å². The summed E-state index contributed by atoms with van der Waals surface area (Å²) in [5, 5.41) is 3.09. The molecule has 3 nitrogen and oxygen atoms in total. The highest BCUT2D eigenvalue weighted by Crippen LogP contribution is 2.43. The van der Waals surface area contributed by atoms with Gasteiger partial charge in [0.2, 0.25) is 5.91 Å². The number of benzene rings is 2. The smallest absolute Gasteiger partial charge is 0.232 e. The van der Waals surface area contributed by atoms with E-state index in [4.69, 9.17) is 4.74 Å². The molecule has 3 heteroatoms. The molecule has 1 aliphatic heterocycles. The largest absolute Gasteiger partial charge is 0.457 e. The highest BCUT2D eigenvalue weighted by Gasteiger charge is 2.32. The van der Waals surface area contributed by atoms with Crippen LogP contribution < -0.4 is 10.1 Å². The van der Waals surface area contributed by atoms with Crippen molar-refractivity contribution in [2.45, 2.75) is 32.2 Å². The molecule has 1 atom stereocenters. The number of nitrogens with one attached hydrogen (secondary N) is 1. The van der Waals surface area contributed by atoms with Gasteiger partial charge in [-0.05, 0) is 25.5 Å². The number of rotatable bonds is 3. The molecule has 1 N–H and O–H groups in total. The molecule has 108 valence electrons. The lowest BCUT2D eigenvalue weighted by atomic mass is 9.87. The molecule has 0 aliphatic carbocycles. The Kier molecular flexibility index (Phi) is 3.65. The minimum Gasteiger partial charge on any atom is -0.457 e. The maximum absolute atomic E-state index is 12.7. The first-order valence-corrected chi connectivity index (χ1v) is 7.36. The normalized spacial score (nSPS) is 14.6. The molecule has 0 saturated carbocycles. The molecule has 1 amide bonds. The number of carbonyl (C=O) groups is 1. The summed E-state index contributed by atoms with van der Waals surface area (Å²) in [4.78, 5) is 12.7. The summed E-state index contributed by atoms with van der Waals surface area (Å²) in [6.07, 6.45) is 0.915. The van der Waals surface area contributed by atoms with Gasteiger partial charge in [-0.15, -0.1) is 0 Å². The number of amides is 1. The average Bonchev–Trinajstić information content (AvgIpc) is 2.52. The summed E-state index contributed by atoms with van der Waals surface area (Å²) in [5.74, 6) is 1.26. The van der Waals surface area contributed by atoms with Gasteiger partial charge in [0.25, 0.3) is 0 Å². The first-order chi connectivity index (χ1) is 10.2. The number of ether oxygens (including phenoxy) is 1.